The second-order valence-electron chi connectivity index (χ2n) is 9.98. The highest BCUT2D eigenvalue weighted by atomic mass is 35.5. The summed E-state index contributed by atoms with van der Waals surface area (Å²) in [6.45, 7) is 5.40. The summed E-state index contributed by atoms with van der Waals surface area (Å²) in [6, 6.07) is 9.94. The lowest BCUT2D eigenvalue weighted by atomic mass is 10.1. The number of fused-ring (bicyclic) bond motifs is 1. The van der Waals surface area contributed by atoms with Gasteiger partial charge >= 0.3 is 0 Å². The topological polar surface area (TPSA) is 135 Å². The van der Waals surface area contributed by atoms with Crippen LogP contribution in [-0.4, -0.2) is 59.8 Å². The number of carbonyl (C=O) groups excluding carboxylic acids is 1. The van der Waals surface area contributed by atoms with Gasteiger partial charge in [-0.25, -0.2) is 22.8 Å². The molecule has 2 aromatic carbocycles. The fourth-order valence-electron chi connectivity index (χ4n) is 4.83. The SMILES string of the molecule is CC(C)c1nc(-c2ccc(NS(=O)(=O)c3ccccc3Cl)c(F)c2)c2c(N)ncc(C(=O)N(C)C3CCNC3)n12. The van der Waals surface area contributed by atoms with Gasteiger partial charge in [-0.2, -0.15) is 0 Å². The Balaban J connectivity index is 1.57. The molecule has 3 heterocycles. The molecule has 1 saturated heterocycles. The second-order valence-corrected chi connectivity index (χ2v) is 12.0. The van der Waals surface area contributed by atoms with Gasteiger partial charge in [0.25, 0.3) is 15.9 Å². The van der Waals surface area contributed by atoms with E-state index in [0.717, 1.165) is 13.0 Å². The Bertz CT molecular complexity index is 1720. The van der Waals surface area contributed by atoms with Crippen LogP contribution in [-0.2, 0) is 10.0 Å². The summed E-state index contributed by atoms with van der Waals surface area (Å²) < 4.78 is 44.9. The Labute approximate surface area is 236 Å². The van der Waals surface area contributed by atoms with Crippen molar-refractivity contribution in [3.05, 3.63) is 71.0 Å². The molecule has 0 radical (unpaired) electrons. The van der Waals surface area contributed by atoms with E-state index in [2.05, 4.69) is 15.0 Å². The highest BCUT2D eigenvalue weighted by molar-refractivity contribution is 7.92. The van der Waals surface area contributed by atoms with E-state index in [4.69, 9.17) is 22.3 Å². The van der Waals surface area contributed by atoms with Crippen LogP contribution < -0.4 is 15.8 Å². The van der Waals surface area contributed by atoms with Crippen LogP contribution in [0.4, 0.5) is 15.9 Å². The number of hydrogen-bond donors (Lipinski definition) is 3. The van der Waals surface area contributed by atoms with Crippen molar-refractivity contribution in [2.24, 2.45) is 0 Å². The van der Waals surface area contributed by atoms with Crippen LogP contribution in [0.5, 0.6) is 0 Å². The number of anilines is 2. The number of nitrogens with zero attached hydrogens (tertiary/aromatic N) is 4. The van der Waals surface area contributed by atoms with E-state index in [0.29, 0.717) is 34.8 Å². The smallest absolute Gasteiger partial charge is 0.272 e. The molecule has 0 bridgehead atoms. The largest absolute Gasteiger partial charge is 0.382 e. The maximum Gasteiger partial charge on any atom is 0.272 e. The zero-order chi connectivity index (χ0) is 28.8. The molecule has 0 spiro atoms. The molecule has 210 valence electrons. The first-order valence-electron chi connectivity index (χ1n) is 12.7. The number of amides is 1. The van der Waals surface area contributed by atoms with Gasteiger partial charge in [-0.05, 0) is 37.2 Å². The number of nitrogens with two attached hydrogens (primary N) is 1. The van der Waals surface area contributed by atoms with Crippen LogP contribution in [0.15, 0.2) is 53.6 Å². The van der Waals surface area contributed by atoms with Gasteiger partial charge in [0.1, 0.15) is 39.3 Å². The number of carbonyl (C=O) groups is 1. The molecule has 10 nitrogen and oxygen atoms in total. The van der Waals surface area contributed by atoms with Crippen molar-refractivity contribution in [1.82, 2.24) is 24.6 Å². The lowest BCUT2D eigenvalue weighted by molar-refractivity contribution is 0.0735. The van der Waals surface area contributed by atoms with Crippen molar-refractivity contribution in [2.45, 2.75) is 37.1 Å². The molecule has 40 heavy (non-hydrogen) atoms. The Morgan fingerprint density at radius 2 is 2.02 bits per heavy atom. The third-order valence-corrected chi connectivity index (χ3v) is 8.83. The lowest BCUT2D eigenvalue weighted by Gasteiger charge is -2.24. The molecule has 1 fully saturated rings. The minimum atomic E-state index is -4.14. The zero-order valence-corrected chi connectivity index (χ0v) is 23.7. The molecular formula is C27H29ClFN7O3S. The average Bonchev–Trinajstić information content (AvgIpc) is 3.59. The number of sulfonamides is 1. The average molecular weight is 586 g/mol. The number of aromatic nitrogens is 3. The Hall–Kier alpha value is -3.74. The van der Waals surface area contributed by atoms with E-state index < -0.39 is 15.8 Å². The third kappa shape index (κ3) is 4.98. The van der Waals surface area contributed by atoms with Crippen LogP contribution in [0.2, 0.25) is 5.02 Å². The minimum absolute atomic E-state index is 0.0147. The van der Waals surface area contributed by atoms with E-state index in [1.54, 1.807) is 22.4 Å². The first-order chi connectivity index (χ1) is 19.0. The number of nitrogen functional groups attached to an aromatic ring is 1. The Morgan fingerprint density at radius 1 is 1.27 bits per heavy atom. The standard InChI is InChI=1S/C27H29ClFN7O3S/c1-15(2)26-33-23(24-25(30)32-14-21(36(24)26)27(37)35(3)17-10-11-31-13-17)16-8-9-20(19(29)12-16)34-40(38,39)22-7-5-4-6-18(22)28/h4-9,12,14-15,17,31,34H,10-11,13H2,1-3H3,(H2,30,32). The minimum Gasteiger partial charge on any atom is -0.382 e. The third-order valence-electron chi connectivity index (χ3n) is 6.96. The molecule has 0 saturated carbocycles. The second kappa shape index (κ2) is 10.7. The molecular weight excluding hydrogens is 557 g/mol. The van der Waals surface area contributed by atoms with Gasteiger partial charge in [-0.3, -0.25) is 13.9 Å². The van der Waals surface area contributed by atoms with Gasteiger partial charge < -0.3 is 16.0 Å². The summed E-state index contributed by atoms with van der Waals surface area (Å²) in [4.78, 5) is 24.1. The van der Waals surface area contributed by atoms with Crippen LogP contribution in [0.3, 0.4) is 0 Å². The Kier molecular flexibility index (Phi) is 7.42. The molecule has 1 atom stereocenters. The summed E-state index contributed by atoms with van der Waals surface area (Å²) in [6.07, 6.45) is 2.28. The van der Waals surface area contributed by atoms with Crippen LogP contribution in [0, 0.1) is 5.82 Å². The van der Waals surface area contributed by atoms with Crippen molar-refractivity contribution < 1.29 is 17.6 Å². The van der Waals surface area contributed by atoms with Crippen molar-refractivity contribution in [3.63, 3.8) is 0 Å². The normalized spacial score (nSPS) is 15.6. The van der Waals surface area contributed by atoms with Crippen molar-refractivity contribution in [1.29, 1.82) is 0 Å². The van der Waals surface area contributed by atoms with Gasteiger partial charge in [0.2, 0.25) is 0 Å². The van der Waals surface area contributed by atoms with E-state index in [9.17, 15) is 13.2 Å². The molecule has 5 rings (SSSR count). The number of halogens is 2. The van der Waals surface area contributed by atoms with E-state index in [1.165, 1.54) is 42.6 Å². The van der Waals surface area contributed by atoms with Gasteiger partial charge in [0.05, 0.1) is 16.9 Å². The van der Waals surface area contributed by atoms with Gasteiger partial charge in [-0.1, -0.05) is 43.6 Å². The zero-order valence-electron chi connectivity index (χ0n) is 22.1. The quantitative estimate of drug-likeness (QED) is 0.297. The van der Waals surface area contributed by atoms with Gasteiger partial charge in [0, 0.05) is 31.1 Å². The first kappa shape index (κ1) is 27.8. The highest BCUT2D eigenvalue weighted by Crippen LogP contribution is 2.34. The number of hydrogen-bond acceptors (Lipinski definition) is 7. The van der Waals surface area contributed by atoms with Crippen LogP contribution in [0.1, 0.15) is 42.5 Å². The molecule has 2 aromatic heterocycles. The summed E-state index contributed by atoms with van der Waals surface area (Å²) in [5.74, 6) is -0.482. The van der Waals surface area contributed by atoms with Gasteiger partial charge in [-0.15, -0.1) is 0 Å². The molecule has 1 aliphatic heterocycles. The molecule has 4 N–H and O–H groups in total. The first-order valence-corrected chi connectivity index (χ1v) is 14.6. The predicted molar refractivity (Wildman–Crippen MR) is 153 cm³/mol. The predicted octanol–water partition coefficient (Wildman–Crippen LogP) is 4.13. The molecule has 0 aliphatic carbocycles. The summed E-state index contributed by atoms with van der Waals surface area (Å²) in [7, 11) is -2.38. The molecule has 1 amide bonds. The fourth-order valence-corrected chi connectivity index (χ4v) is 6.42. The molecule has 1 unspecified atom stereocenters. The Morgan fingerprint density at radius 3 is 2.67 bits per heavy atom. The molecule has 4 aromatic rings. The number of likely N-dealkylation sites (N-methyl/N-ethyl adjacent to an activating group) is 1. The number of nitrogens with one attached hydrogen (secondary N) is 2. The van der Waals surface area contributed by atoms with Crippen molar-refractivity contribution in [3.8, 4) is 11.3 Å². The number of rotatable bonds is 7. The lowest BCUT2D eigenvalue weighted by Crippen LogP contribution is -2.39. The van der Waals surface area contributed by atoms with Crippen molar-refractivity contribution in [2.75, 3.05) is 30.6 Å². The summed E-state index contributed by atoms with van der Waals surface area (Å²) in [5.41, 5.74) is 7.38. The summed E-state index contributed by atoms with van der Waals surface area (Å²) in [5, 5.41) is 3.28. The number of imidazole rings is 1. The number of benzene rings is 2. The monoisotopic (exact) mass is 585 g/mol. The molecule has 1 aliphatic rings. The van der Waals surface area contributed by atoms with Crippen LogP contribution >= 0.6 is 11.6 Å². The van der Waals surface area contributed by atoms with Crippen LogP contribution in [0.25, 0.3) is 16.8 Å². The van der Waals surface area contributed by atoms with Gasteiger partial charge in [0.15, 0.2) is 0 Å². The fraction of sp³-hybridized carbons (Fsp3) is 0.296. The van der Waals surface area contributed by atoms with E-state index in [-0.39, 0.29) is 39.3 Å². The summed E-state index contributed by atoms with van der Waals surface area (Å²) >= 11 is 6.04. The maximum absolute atomic E-state index is 15.3. The van der Waals surface area contributed by atoms with E-state index >= 15 is 4.39 Å². The maximum atomic E-state index is 15.3. The van der Waals surface area contributed by atoms with E-state index in [1.807, 2.05) is 13.8 Å². The molecule has 13 heteroatoms. The van der Waals surface area contributed by atoms with Crippen molar-refractivity contribution >= 4 is 44.6 Å². The highest BCUT2D eigenvalue weighted by Gasteiger charge is 2.29.